The van der Waals surface area contributed by atoms with E-state index in [4.69, 9.17) is 0 Å². The van der Waals surface area contributed by atoms with E-state index < -0.39 is 0 Å². The van der Waals surface area contributed by atoms with Crippen molar-refractivity contribution in [3.63, 3.8) is 0 Å². The van der Waals surface area contributed by atoms with Gasteiger partial charge in [-0.1, -0.05) is 20.8 Å². The number of aliphatic hydroxyl groups excluding tert-OH is 1. The van der Waals surface area contributed by atoms with E-state index in [0.717, 1.165) is 18.8 Å². The van der Waals surface area contributed by atoms with Crippen molar-refractivity contribution in [1.82, 2.24) is 10.2 Å². The Bertz CT molecular complexity index is 294. The van der Waals surface area contributed by atoms with Crippen LogP contribution in [-0.4, -0.2) is 46.8 Å². The fourth-order valence-corrected chi connectivity index (χ4v) is 4.28. The average molecular weight is 268 g/mol. The van der Waals surface area contributed by atoms with Crippen LogP contribution in [0.15, 0.2) is 0 Å². The zero-order chi connectivity index (χ0) is 14.0. The molecule has 1 saturated heterocycles. The lowest BCUT2D eigenvalue weighted by Crippen LogP contribution is -2.52. The van der Waals surface area contributed by atoms with Crippen molar-refractivity contribution in [2.45, 2.75) is 83.5 Å². The maximum absolute atomic E-state index is 9.81. The Hall–Kier alpha value is -0.120. The van der Waals surface area contributed by atoms with Gasteiger partial charge in [-0.05, 0) is 51.5 Å². The van der Waals surface area contributed by atoms with Gasteiger partial charge in [0.15, 0.2) is 0 Å². The minimum absolute atomic E-state index is 0.0262. The summed E-state index contributed by atoms with van der Waals surface area (Å²) in [5, 5.41) is 13.4. The summed E-state index contributed by atoms with van der Waals surface area (Å²) in [7, 11) is 0. The van der Waals surface area contributed by atoms with E-state index in [9.17, 15) is 5.11 Å². The predicted octanol–water partition coefficient (Wildman–Crippen LogP) is 2.39. The van der Waals surface area contributed by atoms with Gasteiger partial charge in [0.2, 0.25) is 0 Å². The van der Waals surface area contributed by atoms with E-state index in [1.807, 2.05) is 0 Å². The average Bonchev–Trinajstić information content (AvgIpc) is 2.73. The summed E-state index contributed by atoms with van der Waals surface area (Å²) in [6, 6.07) is 1.83. The summed E-state index contributed by atoms with van der Waals surface area (Å²) in [6.07, 6.45) is 6.13. The Balaban J connectivity index is 1.97. The molecule has 19 heavy (non-hydrogen) atoms. The quantitative estimate of drug-likeness (QED) is 0.822. The molecule has 1 heterocycles. The van der Waals surface area contributed by atoms with Crippen LogP contribution in [0, 0.1) is 5.92 Å². The second-order valence-electron chi connectivity index (χ2n) is 7.35. The van der Waals surface area contributed by atoms with Crippen LogP contribution in [0.5, 0.6) is 0 Å². The summed E-state index contributed by atoms with van der Waals surface area (Å²) in [5.74, 6) is 0.879. The molecule has 0 aromatic rings. The molecule has 2 fully saturated rings. The molecule has 2 N–H and O–H groups in total. The molecule has 3 nitrogen and oxygen atoms in total. The van der Waals surface area contributed by atoms with Crippen LogP contribution in [-0.2, 0) is 0 Å². The fourth-order valence-electron chi connectivity index (χ4n) is 4.28. The first-order chi connectivity index (χ1) is 8.96. The monoisotopic (exact) mass is 268 g/mol. The van der Waals surface area contributed by atoms with Crippen molar-refractivity contribution in [3.8, 4) is 0 Å². The van der Waals surface area contributed by atoms with Crippen molar-refractivity contribution in [3.05, 3.63) is 0 Å². The molecule has 0 radical (unpaired) electrons. The minimum Gasteiger partial charge on any atom is -0.394 e. The van der Waals surface area contributed by atoms with Gasteiger partial charge in [0.05, 0.1) is 6.61 Å². The Morgan fingerprint density at radius 2 is 2.05 bits per heavy atom. The number of hydrogen-bond acceptors (Lipinski definition) is 3. The van der Waals surface area contributed by atoms with E-state index in [1.165, 1.54) is 25.8 Å². The highest BCUT2D eigenvalue weighted by Crippen LogP contribution is 2.36. The Morgan fingerprint density at radius 1 is 1.32 bits per heavy atom. The third-order valence-corrected chi connectivity index (χ3v) is 5.14. The number of piperidine rings is 1. The number of rotatable bonds is 4. The SMILES string of the molecule is CC1CCN(C2CCC(CO)(NC(C)C)C2)C(C)C1. The number of nitrogens with one attached hydrogen (secondary N) is 1. The minimum atomic E-state index is -0.0262. The van der Waals surface area contributed by atoms with Crippen LogP contribution in [0.1, 0.15) is 59.8 Å². The molecular weight excluding hydrogens is 236 g/mol. The van der Waals surface area contributed by atoms with Crippen LogP contribution < -0.4 is 5.32 Å². The zero-order valence-corrected chi connectivity index (χ0v) is 13.2. The molecule has 1 saturated carbocycles. The number of likely N-dealkylation sites (tertiary alicyclic amines) is 1. The third kappa shape index (κ3) is 3.50. The van der Waals surface area contributed by atoms with Crippen LogP contribution in [0.25, 0.3) is 0 Å². The third-order valence-electron chi connectivity index (χ3n) is 5.14. The van der Waals surface area contributed by atoms with Gasteiger partial charge in [0, 0.05) is 23.7 Å². The van der Waals surface area contributed by atoms with Crippen LogP contribution in [0.2, 0.25) is 0 Å². The van der Waals surface area contributed by atoms with Crippen molar-refractivity contribution in [2.75, 3.05) is 13.2 Å². The van der Waals surface area contributed by atoms with Gasteiger partial charge in [-0.15, -0.1) is 0 Å². The molecule has 0 spiro atoms. The second kappa shape index (κ2) is 6.11. The molecule has 3 heteroatoms. The van der Waals surface area contributed by atoms with E-state index in [-0.39, 0.29) is 12.1 Å². The molecule has 0 bridgehead atoms. The van der Waals surface area contributed by atoms with Crippen molar-refractivity contribution in [1.29, 1.82) is 0 Å². The number of nitrogens with zero attached hydrogens (tertiary/aromatic N) is 1. The lowest BCUT2D eigenvalue weighted by Gasteiger charge is -2.41. The summed E-state index contributed by atoms with van der Waals surface area (Å²) in [6.45, 7) is 10.6. The molecular formula is C16H32N2O. The van der Waals surface area contributed by atoms with Gasteiger partial charge in [0.1, 0.15) is 0 Å². The molecule has 1 aliphatic carbocycles. The van der Waals surface area contributed by atoms with E-state index in [1.54, 1.807) is 0 Å². The molecule has 4 unspecified atom stereocenters. The van der Waals surface area contributed by atoms with Gasteiger partial charge in [0.25, 0.3) is 0 Å². The van der Waals surface area contributed by atoms with Gasteiger partial charge in [-0.2, -0.15) is 0 Å². The van der Waals surface area contributed by atoms with E-state index in [0.29, 0.717) is 18.1 Å². The molecule has 4 atom stereocenters. The lowest BCUT2D eigenvalue weighted by atomic mass is 9.91. The molecule has 2 aliphatic rings. The Morgan fingerprint density at radius 3 is 2.63 bits per heavy atom. The number of aliphatic hydroxyl groups is 1. The summed E-state index contributed by atoms with van der Waals surface area (Å²) < 4.78 is 0. The normalized spacial score (nSPS) is 41.1. The van der Waals surface area contributed by atoms with Crippen LogP contribution in [0.3, 0.4) is 0 Å². The largest absolute Gasteiger partial charge is 0.394 e. The Kier molecular flexibility index (Phi) is 4.91. The predicted molar refractivity (Wildman–Crippen MR) is 80.3 cm³/mol. The van der Waals surface area contributed by atoms with Gasteiger partial charge in [-0.3, -0.25) is 4.90 Å². The first kappa shape index (κ1) is 15.3. The molecule has 1 aliphatic heterocycles. The zero-order valence-electron chi connectivity index (χ0n) is 13.2. The topological polar surface area (TPSA) is 35.5 Å². The maximum atomic E-state index is 9.81. The summed E-state index contributed by atoms with van der Waals surface area (Å²) >= 11 is 0. The summed E-state index contributed by atoms with van der Waals surface area (Å²) in [5.41, 5.74) is -0.0262. The standard InChI is InChI=1S/C16H32N2O/c1-12(2)17-16(11-19)7-5-15(10-16)18-8-6-13(3)9-14(18)4/h12-15,17,19H,5-11H2,1-4H3. The van der Waals surface area contributed by atoms with Crippen LogP contribution in [0.4, 0.5) is 0 Å². The van der Waals surface area contributed by atoms with Crippen molar-refractivity contribution >= 4 is 0 Å². The smallest absolute Gasteiger partial charge is 0.0614 e. The van der Waals surface area contributed by atoms with E-state index >= 15 is 0 Å². The molecule has 0 aromatic heterocycles. The van der Waals surface area contributed by atoms with Gasteiger partial charge in [-0.25, -0.2) is 0 Å². The number of hydrogen-bond donors (Lipinski definition) is 2. The fraction of sp³-hybridized carbons (Fsp3) is 1.00. The highest BCUT2D eigenvalue weighted by Gasteiger charge is 2.42. The second-order valence-corrected chi connectivity index (χ2v) is 7.35. The van der Waals surface area contributed by atoms with Crippen molar-refractivity contribution < 1.29 is 5.11 Å². The van der Waals surface area contributed by atoms with Crippen LogP contribution >= 0.6 is 0 Å². The van der Waals surface area contributed by atoms with Crippen molar-refractivity contribution in [2.24, 2.45) is 5.92 Å². The molecule has 0 amide bonds. The highest BCUT2D eigenvalue weighted by molar-refractivity contribution is 5.01. The lowest BCUT2D eigenvalue weighted by molar-refractivity contribution is 0.0732. The van der Waals surface area contributed by atoms with Gasteiger partial charge < -0.3 is 10.4 Å². The molecule has 2 rings (SSSR count). The first-order valence-corrected chi connectivity index (χ1v) is 8.10. The first-order valence-electron chi connectivity index (χ1n) is 8.10. The maximum Gasteiger partial charge on any atom is 0.0614 e. The summed E-state index contributed by atoms with van der Waals surface area (Å²) in [4.78, 5) is 2.71. The van der Waals surface area contributed by atoms with Gasteiger partial charge >= 0.3 is 0 Å². The molecule has 112 valence electrons. The highest BCUT2D eigenvalue weighted by atomic mass is 16.3. The Labute approximate surface area is 118 Å². The molecule has 0 aromatic carbocycles. The van der Waals surface area contributed by atoms with E-state index in [2.05, 4.69) is 37.9 Å².